The molecule has 7 atom stereocenters. The quantitative estimate of drug-likeness (QED) is 0.287. The smallest absolute Gasteiger partial charge is 0.188 e. The standard InChI is InChI=1S/C34H39FN4O3S/c1-19-13-20(2)38-31(37-19)43-18-29(41)34(42)12-11-26-25-10-5-22-14-27-21(17-36-39(27)24-8-6-23(35)7-9-24)15-32(22,3)30(25)28(40)16-33(26,34)4/h6-9,13-14,17,25-26,28,30,40,42H,5,10-12,15-16,18H2,1-4H3/t25?,26?,28-,30?,32?,33?,34?/m0/s1. The molecule has 0 radical (unpaired) electrons. The zero-order valence-corrected chi connectivity index (χ0v) is 26.0. The van der Waals surface area contributed by atoms with E-state index in [-0.39, 0.29) is 40.5 Å². The lowest BCUT2D eigenvalue weighted by atomic mass is 9.45. The Morgan fingerprint density at radius 1 is 1.14 bits per heavy atom. The van der Waals surface area contributed by atoms with Crippen LogP contribution in [-0.4, -0.2) is 53.2 Å². The molecule has 2 heterocycles. The van der Waals surface area contributed by atoms with Gasteiger partial charge in [-0.25, -0.2) is 19.0 Å². The van der Waals surface area contributed by atoms with Crippen molar-refractivity contribution in [3.05, 3.63) is 70.6 Å². The van der Waals surface area contributed by atoms with Crippen LogP contribution in [0.15, 0.2) is 47.3 Å². The first-order valence-electron chi connectivity index (χ1n) is 15.4. The Bertz CT molecular complexity index is 1620. The fraction of sp³-hybridized carbons (Fsp3) is 0.529. The molecule has 7 nitrogen and oxygen atoms in total. The zero-order valence-electron chi connectivity index (χ0n) is 25.2. The maximum atomic E-state index is 13.8. The van der Waals surface area contributed by atoms with Gasteiger partial charge in [-0.05, 0) is 118 Å². The number of aliphatic hydroxyl groups excluding tert-OH is 1. The lowest BCUT2D eigenvalue weighted by Gasteiger charge is -2.60. The number of Topliss-reactive ketones (excluding diaryl/α,β-unsaturated/α-hetero) is 1. The molecule has 6 unspecified atom stereocenters. The fourth-order valence-corrected chi connectivity index (χ4v) is 10.4. The summed E-state index contributed by atoms with van der Waals surface area (Å²) in [6, 6.07) is 8.29. The minimum Gasteiger partial charge on any atom is -0.393 e. The third-order valence-electron chi connectivity index (χ3n) is 11.4. The monoisotopic (exact) mass is 602 g/mol. The van der Waals surface area contributed by atoms with Crippen molar-refractivity contribution in [3.8, 4) is 5.69 Å². The van der Waals surface area contributed by atoms with Crippen molar-refractivity contribution in [2.24, 2.45) is 28.6 Å². The van der Waals surface area contributed by atoms with Gasteiger partial charge in [-0.2, -0.15) is 5.10 Å². The normalized spacial score (nSPS) is 34.5. The predicted octanol–water partition coefficient (Wildman–Crippen LogP) is 5.66. The number of allylic oxidation sites excluding steroid dienone is 1. The van der Waals surface area contributed by atoms with Crippen LogP contribution in [0.1, 0.15) is 68.6 Å². The first-order chi connectivity index (χ1) is 20.4. The molecule has 3 saturated carbocycles. The molecule has 2 N–H and O–H groups in total. The minimum atomic E-state index is -1.48. The van der Waals surface area contributed by atoms with E-state index in [4.69, 9.17) is 0 Å². The summed E-state index contributed by atoms with van der Waals surface area (Å²) in [5, 5.41) is 29.3. The second kappa shape index (κ2) is 10.1. The molecule has 226 valence electrons. The molecule has 0 saturated heterocycles. The highest BCUT2D eigenvalue weighted by Crippen LogP contribution is 2.67. The highest BCUT2D eigenvalue weighted by atomic mass is 32.2. The van der Waals surface area contributed by atoms with Crippen LogP contribution in [0.3, 0.4) is 0 Å². The lowest BCUT2D eigenvalue weighted by molar-refractivity contribution is -0.177. The van der Waals surface area contributed by atoms with Crippen molar-refractivity contribution in [3.63, 3.8) is 0 Å². The second-order valence-corrected chi connectivity index (χ2v) is 14.7. The van der Waals surface area contributed by atoms with Crippen LogP contribution in [0.4, 0.5) is 4.39 Å². The summed E-state index contributed by atoms with van der Waals surface area (Å²) in [5.74, 6) is 0.0392. The maximum Gasteiger partial charge on any atom is 0.188 e. The number of halogens is 1. The van der Waals surface area contributed by atoms with Crippen molar-refractivity contribution in [2.75, 3.05) is 5.75 Å². The van der Waals surface area contributed by atoms with Crippen molar-refractivity contribution < 1.29 is 19.4 Å². The molecule has 0 amide bonds. The number of aliphatic hydroxyl groups is 2. The van der Waals surface area contributed by atoms with E-state index in [1.807, 2.05) is 37.7 Å². The molecule has 3 aromatic rings. The summed E-state index contributed by atoms with van der Waals surface area (Å²) in [4.78, 5) is 22.7. The minimum absolute atomic E-state index is 0.0309. The number of thioether (sulfide) groups is 1. The number of hydrogen-bond acceptors (Lipinski definition) is 7. The van der Waals surface area contributed by atoms with Crippen LogP contribution >= 0.6 is 11.8 Å². The van der Waals surface area contributed by atoms with Crippen LogP contribution in [0.2, 0.25) is 0 Å². The van der Waals surface area contributed by atoms with E-state index >= 15 is 0 Å². The molecule has 43 heavy (non-hydrogen) atoms. The third kappa shape index (κ3) is 4.37. The van der Waals surface area contributed by atoms with Gasteiger partial charge in [0.15, 0.2) is 10.9 Å². The average Bonchev–Trinajstić information content (AvgIpc) is 3.47. The van der Waals surface area contributed by atoms with Crippen molar-refractivity contribution >= 4 is 23.6 Å². The average molecular weight is 603 g/mol. The van der Waals surface area contributed by atoms with Gasteiger partial charge in [0, 0.05) is 16.8 Å². The van der Waals surface area contributed by atoms with E-state index in [1.54, 1.807) is 12.1 Å². The summed E-state index contributed by atoms with van der Waals surface area (Å²) < 4.78 is 15.5. The summed E-state index contributed by atoms with van der Waals surface area (Å²) in [5.41, 5.74) is 3.58. The van der Waals surface area contributed by atoms with Gasteiger partial charge in [-0.1, -0.05) is 31.2 Å². The number of nitrogens with zero attached hydrogens (tertiary/aromatic N) is 4. The van der Waals surface area contributed by atoms with E-state index in [2.05, 4.69) is 28.1 Å². The SMILES string of the molecule is Cc1cc(C)nc(SCC(=O)C2(O)CCC3C4CCC5=Cc6c(cnn6-c6ccc(F)cc6)CC5(C)C4[C@@H](O)CC32C)n1. The molecule has 4 aliphatic carbocycles. The van der Waals surface area contributed by atoms with E-state index in [0.717, 1.165) is 54.0 Å². The van der Waals surface area contributed by atoms with E-state index in [0.29, 0.717) is 18.0 Å². The number of carbonyl (C=O) groups is 1. The summed E-state index contributed by atoms with van der Waals surface area (Å²) in [6.07, 6.45) is 7.70. The largest absolute Gasteiger partial charge is 0.393 e. The zero-order chi connectivity index (χ0) is 30.3. The van der Waals surface area contributed by atoms with Crippen LogP contribution in [0.25, 0.3) is 11.8 Å². The number of ketones is 1. The molecule has 1 aromatic carbocycles. The Hall–Kier alpha value is -2.88. The van der Waals surface area contributed by atoms with Gasteiger partial charge in [-0.3, -0.25) is 4.79 Å². The molecular formula is C34H39FN4O3S. The number of carbonyl (C=O) groups excluding carboxylic acids is 1. The van der Waals surface area contributed by atoms with Crippen molar-refractivity contribution in [1.29, 1.82) is 0 Å². The molecule has 3 fully saturated rings. The Kier molecular flexibility index (Phi) is 6.76. The molecule has 0 spiro atoms. The summed E-state index contributed by atoms with van der Waals surface area (Å²) in [6.45, 7) is 8.14. The highest BCUT2D eigenvalue weighted by Gasteiger charge is 2.68. The number of aryl methyl sites for hydroxylation is 2. The number of benzene rings is 1. The van der Waals surface area contributed by atoms with Crippen LogP contribution < -0.4 is 0 Å². The van der Waals surface area contributed by atoms with E-state index in [9.17, 15) is 19.4 Å². The third-order valence-corrected chi connectivity index (χ3v) is 12.3. The van der Waals surface area contributed by atoms with Gasteiger partial charge in [0.1, 0.15) is 11.4 Å². The number of aromatic nitrogens is 4. The van der Waals surface area contributed by atoms with Gasteiger partial charge in [0.2, 0.25) is 0 Å². The lowest BCUT2D eigenvalue weighted by Crippen LogP contribution is -2.62. The van der Waals surface area contributed by atoms with Gasteiger partial charge >= 0.3 is 0 Å². The van der Waals surface area contributed by atoms with Crippen LogP contribution in [0, 0.1) is 48.2 Å². The first-order valence-corrected chi connectivity index (χ1v) is 16.3. The van der Waals surface area contributed by atoms with Gasteiger partial charge in [0.05, 0.1) is 29.4 Å². The molecule has 9 heteroatoms. The molecule has 4 aliphatic rings. The topological polar surface area (TPSA) is 101 Å². The second-order valence-electron chi connectivity index (χ2n) is 13.8. The fourth-order valence-electron chi connectivity index (χ4n) is 9.44. The van der Waals surface area contributed by atoms with Gasteiger partial charge in [-0.15, -0.1) is 0 Å². The molecule has 0 aliphatic heterocycles. The Labute approximate surface area is 256 Å². The van der Waals surface area contributed by atoms with Crippen molar-refractivity contribution in [2.45, 2.75) is 83.1 Å². The Morgan fingerprint density at radius 2 is 1.86 bits per heavy atom. The number of hydrogen-bond donors (Lipinski definition) is 2. The number of rotatable bonds is 5. The molecular weight excluding hydrogens is 563 g/mol. The summed E-state index contributed by atoms with van der Waals surface area (Å²) >= 11 is 1.28. The van der Waals surface area contributed by atoms with Crippen LogP contribution in [0.5, 0.6) is 0 Å². The molecule has 2 aromatic heterocycles. The van der Waals surface area contributed by atoms with Gasteiger partial charge < -0.3 is 10.2 Å². The van der Waals surface area contributed by atoms with Crippen LogP contribution in [-0.2, 0) is 11.2 Å². The van der Waals surface area contributed by atoms with Crippen molar-refractivity contribution in [1.82, 2.24) is 19.7 Å². The first kappa shape index (κ1) is 28.9. The Morgan fingerprint density at radius 3 is 2.58 bits per heavy atom. The molecule has 7 rings (SSSR count). The maximum absolute atomic E-state index is 13.8. The highest BCUT2D eigenvalue weighted by molar-refractivity contribution is 7.99. The predicted molar refractivity (Wildman–Crippen MR) is 163 cm³/mol. The molecule has 0 bridgehead atoms. The van der Waals surface area contributed by atoms with Gasteiger partial charge in [0.25, 0.3) is 0 Å². The summed E-state index contributed by atoms with van der Waals surface area (Å²) in [7, 11) is 0. The van der Waals surface area contributed by atoms with E-state index < -0.39 is 17.1 Å². The van der Waals surface area contributed by atoms with E-state index in [1.165, 1.54) is 29.5 Å². The Balaban J connectivity index is 1.15. The number of fused-ring (bicyclic) bond motifs is 6.